The zero-order valence-electron chi connectivity index (χ0n) is 17.2. The predicted molar refractivity (Wildman–Crippen MR) is 122 cm³/mol. The van der Waals surface area contributed by atoms with E-state index >= 15 is 0 Å². The largest absolute Gasteiger partial charge is 0.457 e. The van der Waals surface area contributed by atoms with Gasteiger partial charge in [-0.2, -0.15) is 0 Å². The topological polar surface area (TPSA) is 21.4 Å². The molecular formula is C27H21N2O+. The van der Waals surface area contributed by atoms with Crippen LogP contribution in [-0.4, -0.2) is 0 Å². The van der Waals surface area contributed by atoms with Gasteiger partial charge in [0.05, 0.1) is 12.1 Å². The van der Waals surface area contributed by atoms with Crippen LogP contribution in [0.5, 0.6) is 0 Å². The molecule has 0 fully saturated rings. The van der Waals surface area contributed by atoms with Crippen molar-refractivity contribution in [3.05, 3.63) is 95.5 Å². The molecule has 3 aromatic carbocycles. The molecule has 0 spiro atoms. The number of hydrogen-bond acceptors (Lipinski definition) is 1. The van der Waals surface area contributed by atoms with Crippen LogP contribution in [0.3, 0.4) is 0 Å². The van der Waals surface area contributed by atoms with Crippen LogP contribution in [0.2, 0.25) is 0 Å². The first-order valence-electron chi connectivity index (χ1n) is 9.96. The molecule has 5 rings (SSSR count). The number of pyridine rings is 1. The van der Waals surface area contributed by atoms with E-state index in [2.05, 4.69) is 60.8 Å². The number of nitrogens with zero attached hydrogens (tertiary/aromatic N) is 2. The van der Waals surface area contributed by atoms with Gasteiger partial charge in [-0.3, -0.25) is 0 Å². The van der Waals surface area contributed by atoms with Gasteiger partial charge in [-0.25, -0.2) is 9.41 Å². The lowest BCUT2D eigenvalue weighted by Crippen LogP contribution is -2.31. The summed E-state index contributed by atoms with van der Waals surface area (Å²) in [6.45, 7) is 11.9. The lowest BCUT2D eigenvalue weighted by molar-refractivity contribution is -0.660. The monoisotopic (exact) mass is 389 g/mol. The number of hydrogen-bond donors (Lipinski definition) is 0. The lowest BCUT2D eigenvalue weighted by Gasteiger charge is -2.05. The van der Waals surface area contributed by atoms with Crippen LogP contribution in [-0.2, 0) is 7.05 Å². The van der Waals surface area contributed by atoms with Crippen LogP contribution in [0.25, 0.3) is 49.2 Å². The standard InChI is InChI=1S/C27H21N2O/c1-17-10-13-24(29(4)16-17)21-15-25-22(14-18(21)2)20-11-12-23(28-3)26(27(20)30-25)19-8-6-5-7-9-19/h5-16H,1-2,4H3/q+1. The fourth-order valence-corrected chi connectivity index (χ4v) is 4.26. The Morgan fingerprint density at radius 2 is 1.70 bits per heavy atom. The van der Waals surface area contributed by atoms with Crippen molar-refractivity contribution >= 4 is 27.6 Å². The second-order valence-corrected chi connectivity index (χ2v) is 7.78. The van der Waals surface area contributed by atoms with E-state index in [1.54, 1.807) is 0 Å². The predicted octanol–water partition coefficient (Wildman–Crippen LogP) is 6.91. The van der Waals surface area contributed by atoms with Crippen LogP contribution in [0, 0.1) is 20.4 Å². The van der Waals surface area contributed by atoms with E-state index in [4.69, 9.17) is 11.0 Å². The molecule has 3 nitrogen and oxygen atoms in total. The van der Waals surface area contributed by atoms with Crippen molar-refractivity contribution < 1.29 is 8.98 Å². The third-order valence-electron chi connectivity index (χ3n) is 5.70. The summed E-state index contributed by atoms with van der Waals surface area (Å²) >= 11 is 0. The third kappa shape index (κ3) is 2.77. The Morgan fingerprint density at radius 1 is 0.900 bits per heavy atom. The van der Waals surface area contributed by atoms with E-state index in [9.17, 15) is 0 Å². The molecule has 0 aliphatic carbocycles. The molecule has 30 heavy (non-hydrogen) atoms. The molecule has 3 heteroatoms. The molecule has 144 valence electrons. The maximum absolute atomic E-state index is 7.65. The quantitative estimate of drug-likeness (QED) is 0.237. The van der Waals surface area contributed by atoms with Crippen molar-refractivity contribution in [1.82, 2.24) is 0 Å². The normalized spacial score (nSPS) is 11.1. The number of aromatic nitrogens is 1. The number of fused-ring (bicyclic) bond motifs is 3. The highest BCUT2D eigenvalue weighted by Gasteiger charge is 2.19. The molecule has 5 aromatic rings. The van der Waals surface area contributed by atoms with Crippen LogP contribution in [0.4, 0.5) is 5.69 Å². The SMILES string of the molecule is [C-]#[N+]c1ccc2c(oc3cc(-c4ccc(C)c[n+]4C)c(C)cc32)c1-c1ccccc1. The minimum absolute atomic E-state index is 0.606. The van der Waals surface area contributed by atoms with Gasteiger partial charge in [0.2, 0.25) is 5.69 Å². The van der Waals surface area contributed by atoms with Crippen molar-refractivity contribution in [2.24, 2.45) is 7.05 Å². The fraction of sp³-hybridized carbons (Fsp3) is 0.111. The van der Waals surface area contributed by atoms with Gasteiger partial charge in [-0.1, -0.05) is 42.5 Å². The van der Waals surface area contributed by atoms with Crippen molar-refractivity contribution in [1.29, 1.82) is 0 Å². The Balaban J connectivity index is 1.83. The van der Waals surface area contributed by atoms with E-state index in [1.807, 2.05) is 42.5 Å². The minimum atomic E-state index is 0.606. The van der Waals surface area contributed by atoms with Gasteiger partial charge >= 0.3 is 0 Å². The first-order valence-corrected chi connectivity index (χ1v) is 9.96. The summed E-state index contributed by atoms with van der Waals surface area (Å²) in [4.78, 5) is 3.76. The summed E-state index contributed by atoms with van der Waals surface area (Å²) in [5, 5.41) is 2.12. The number of rotatable bonds is 2. The highest BCUT2D eigenvalue weighted by Crippen LogP contribution is 2.42. The number of aryl methyl sites for hydroxylation is 3. The van der Waals surface area contributed by atoms with Crippen molar-refractivity contribution in [3.8, 4) is 22.4 Å². The summed E-state index contributed by atoms with van der Waals surface area (Å²) in [6.07, 6.45) is 2.13. The van der Waals surface area contributed by atoms with Gasteiger partial charge in [-0.15, -0.1) is 0 Å². The van der Waals surface area contributed by atoms with Gasteiger partial charge < -0.3 is 4.42 Å². The Morgan fingerprint density at radius 3 is 2.43 bits per heavy atom. The molecule has 0 saturated heterocycles. The Kier molecular flexibility index (Phi) is 4.15. The third-order valence-corrected chi connectivity index (χ3v) is 5.70. The molecule has 0 amide bonds. The lowest BCUT2D eigenvalue weighted by atomic mass is 9.98. The van der Waals surface area contributed by atoms with E-state index in [0.29, 0.717) is 5.69 Å². The van der Waals surface area contributed by atoms with E-state index in [1.165, 1.54) is 11.1 Å². The maximum Gasteiger partial charge on any atom is 0.212 e. The van der Waals surface area contributed by atoms with Gasteiger partial charge in [0.25, 0.3) is 0 Å². The fourth-order valence-electron chi connectivity index (χ4n) is 4.26. The molecule has 0 N–H and O–H groups in total. The molecule has 0 aliphatic heterocycles. The van der Waals surface area contributed by atoms with Gasteiger partial charge in [0.1, 0.15) is 18.2 Å². The van der Waals surface area contributed by atoms with Gasteiger partial charge in [0.15, 0.2) is 11.9 Å². The first kappa shape index (κ1) is 18.1. The molecule has 0 unspecified atom stereocenters. The second kappa shape index (κ2) is 6.86. The zero-order chi connectivity index (χ0) is 20.8. The van der Waals surface area contributed by atoms with E-state index in [0.717, 1.165) is 44.3 Å². The van der Waals surface area contributed by atoms with Crippen molar-refractivity contribution in [2.75, 3.05) is 0 Å². The maximum atomic E-state index is 7.65. The van der Waals surface area contributed by atoms with Crippen molar-refractivity contribution in [2.45, 2.75) is 13.8 Å². The molecule has 0 bridgehead atoms. The summed E-state index contributed by atoms with van der Waals surface area (Å²) in [6, 6.07) is 22.5. The van der Waals surface area contributed by atoms with E-state index in [-0.39, 0.29) is 0 Å². The highest BCUT2D eigenvalue weighted by molar-refractivity contribution is 6.13. The van der Waals surface area contributed by atoms with Crippen LogP contribution in [0.1, 0.15) is 11.1 Å². The number of furan rings is 1. The van der Waals surface area contributed by atoms with Gasteiger partial charge in [-0.05, 0) is 43.2 Å². The van der Waals surface area contributed by atoms with Crippen molar-refractivity contribution in [3.63, 3.8) is 0 Å². The molecule has 0 radical (unpaired) electrons. The number of benzene rings is 3. The minimum Gasteiger partial charge on any atom is -0.457 e. The average molecular weight is 389 g/mol. The summed E-state index contributed by atoms with van der Waals surface area (Å²) in [5.41, 5.74) is 8.79. The van der Waals surface area contributed by atoms with E-state index < -0.39 is 0 Å². The highest BCUT2D eigenvalue weighted by atomic mass is 16.3. The molecule has 2 aromatic heterocycles. The molecule has 0 atom stereocenters. The molecule has 0 aliphatic rings. The first-order chi connectivity index (χ1) is 14.6. The molecular weight excluding hydrogens is 368 g/mol. The van der Waals surface area contributed by atoms with Gasteiger partial charge in [0, 0.05) is 28.0 Å². The Labute approximate surface area is 175 Å². The van der Waals surface area contributed by atoms with Crippen LogP contribution in [0.15, 0.2) is 77.3 Å². The smallest absolute Gasteiger partial charge is 0.212 e. The second-order valence-electron chi connectivity index (χ2n) is 7.78. The summed E-state index contributed by atoms with van der Waals surface area (Å²) in [7, 11) is 2.07. The van der Waals surface area contributed by atoms with Crippen LogP contribution >= 0.6 is 0 Å². The van der Waals surface area contributed by atoms with Crippen LogP contribution < -0.4 is 4.57 Å². The zero-order valence-corrected chi connectivity index (χ0v) is 17.2. The summed E-state index contributed by atoms with van der Waals surface area (Å²) < 4.78 is 8.56. The summed E-state index contributed by atoms with van der Waals surface area (Å²) in [5.74, 6) is 0. The molecule has 2 heterocycles. The molecule has 0 saturated carbocycles. The Hall–Kier alpha value is -3.90. The Bertz CT molecular complexity index is 1470. The average Bonchev–Trinajstić information content (AvgIpc) is 3.10.